The standard InChI is InChI=1S/C14H14N4O2/c1-9-12(10(2)19-17-9)5-6-13-16-14(18-20-13)11-4-3-7-15-8-11/h3-4,7-8H,5-6H2,1-2H3. The Kier molecular flexibility index (Phi) is 3.28. The fourth-order valence-corrected chi connectivity index (χ4v) is 2.06. The monoisotopic (exact) mass is 270 g/mol. The molecule has 0 amide bonds. The smallest absolute Gasteiger partial charge is 0.227 e. The highest BCUT2D eigenvalue weighted by molar-refractivity contribution is 5.51. The van der Waals surface area contributed by atoms with Gasteiger partial charge in [0.05, 0.1) is 5.69 Å². The lowest BCUT2D eigenvalue weighted by atomic mass is 10.1. The highest BCUT2D eigenvalue weighted by Gasteiger charge is 2.12. The number of rotatable bonds is 4. The molecule has 0 unspecified atom stereocenters. The highest BCUT2D eigenvalue weighted by atomic mass is 16.5. The minimum Gasteiger partial charge on any atom is -0.361 e. The van der Waals surface area contributed by atoms with Gasteiger partial charge in [0.2, 0.25) is 11.7 Å². The molecule has 0 aromatic carbocycles. The second kappa shape index (κ2) is 5.24. The molecule has 0 radical (unpaired) electrons. The second-order valence-corrected chi connectivity index (χ2v) is 4.56. The summed E-state index contributed by atoms with van der Waals surface area (Å²) in [7, 11) is 0. The van der Waals surface area contributed by atoms with Crippen molar-refractivity contribution in [3.8, 4) is 11.4 Å². The Labute approximate surface area is 115 Å². The average Bonchev–Trinajstić information content (AvgIpc) is 3.06. The molecule has 0 saturated heterocycles. The van der Waals surface area contributed by atoms with Gasteiger partial charge in [-0.25, -0.2) is 0 Å². The number of aryl methyl sites for hydroxylation is 3. The summed E-state index contributed by atoms with van der Waals surface area (Å²) in [6, 6.07) is 3.74. The highest BCUT2D eigenvalue weighted by Crippen LogP contribution is 2.17. The summed E-state index contributed by atoms with van der Waals surface area (Å²) < 4.78 is 10.4. The van der Waals surface area contributed by atoms with Crippen LogP contribution in [0.5, 0.6) is 0 Å². The summed E-state index contributed by atoms with van der Waals surface area (Å²) in [4.78, 5) is 8.41. The molecule has 3 aromatic heterocycles. The maximum atomic E-state index is 5.26. The SMILES string of the molecule is Cc1noc(C)c1CCc1nc(-c2cccnc2)no1. The van der Waals surface area contributed by atoms with Gasteiger partial charge < -0.3 is 9.05 Å². The van der Waals surface area contributed by atoms with Gasteiger partial charge in [0.1, 0.15) is 5.76 Å². The molecule has 0 aliphatic carbocycles. The molecular formula is C14H14N4O2. The number of pyridine rings is 1. The van der Waals surface area contributed by atoms with Crippen LogP contribution in [0.3, 0.4) is 0 Å². The first-order chi connectivity index (χ1) is 9.74. The van der Waals surface area contributed by atoms with Gasteiger partial charge in [-0.3, -0.25) is 4.98 Å². The van der Waals surface area contributed by atoms with E-state index in [1.807, 2.05) is 26.0 Å². The quantitative estimate of drug-likeness (QED) is 0.725. The van der Waals surface area contributed by atoms with Crippen molar-refractivity contribution < 1.29 is 9.05 Å². The number of nitrogens with zero attached hydrogens (tertiary/aromatic N) is 4. The van der Waals surface area contributed by atoms with E-state index in [0.29, 0.717) is 18.1 Å². The Hall–Kier alpha value is -2.50. The molecule has 0 aliphatic rings. The van der Waals surface area contributed by atoms with Crippen LogP contribution in [0.4, 0.5) is 0 Å². The van der Waals surface area contributed by atoms with Gasteiger partial charge in [0, 0.05) is 29.9 Å². The predicted molar refractivity (Wildman–Crippen MR) is 70.9 cm³/mol. The van der Waals surface area contributed by atoms with Crippen molar-refractivity contribution in [2.45, 2.75) is 26.7 Å². The average molecular weight is 270 g/mol. The molecule has 102 valence electrons. The van der Waals surface area contributed by atoms with E-state index in [1.54, 1.807) is 12.4 Å². The van der Waals surface area contributed by atoms with E-state index in [1.165, 1.54) is 0 Å². The van der Waals surface area contributed by atoms with E-state index < -0.39 is 0 Å². The van der Waals surface area contributed by atoms with Crippen molar-refractivity contribution in [3.05, 3.63) is 47.4 Å². The fraction of sp³-hybridized carbons (Fsp3) is 0.286. The summed E-state index contributed by atoms with van der Waals surface area (Å²) in [5.41, 5.74) is 2.86. The maximum absolute atomic E-state index is 5.26. The Morgan fingerprint density at radius 1 is 1.10 bits per heavy atom. The van der Waals surface area contributed by atoms with Crippen LogP contribution in [0.1, 0.15) is 22.9 Å². The largest absolute Gasteiger partial charge is 0.361 e. The van der Waals surface area contributed by atoms with Gasteiger partial charge in [-0.15, -0.1) is 0 Å². The van der Waals surface area contributed by atoms with Crippen molar-refractivity contribution in [1.82, 2.24) is 20.3 Å². The van der Waals surface area contributed by atoms with Crippen molar-refractivity contribution in [1.29, 1.82) is 0 Å². The third-order valence-corrected chi connectivity index (χ3v) is 3.16. The topological polar surface area (TPSA) is 77.8 Å². The number of hydrogen-bond donors (Lipinski definition) is 0. The van der Waals surface area contributed by atoms with Crippen molar-refractivity contribution >= 4 is 0 Å². The first-order valence-electron chi connectivity index (χ1n) is 6.39. The Morgan fingerprint density at radius 2 is 2.00 bits per heavy atom. The van der Waals surface area contributed by atoms with E-state index in [9.17, 15) is 0 Å². The van der Waals surface area contributed by atoms with E-state index >= 15 is 0 Å². The Morgan fingerprint density at radius 3 is 2.70 bits per heavy atom. The van der Waals surface area contributed by atoms with Crippen LogP contribution >= 0.6 is 0 Å². The summed E-state index contributed by atoms with van der Waals surface area (Å²) in [5.74, 6) is 2.00. The predicted octanol–water partition coefficient (Wildman–Crippen LogP) is 2.52. The third-order valence-electron chi connectivity index (χ3n) is 3.16. The van der Waals surface area contributed by atoms with E-state index in [-0.39, 0.29) is 0 Å². The van der Waals surface area contributed by atoms with Crippen LogP contribution in [0, 0.1) is 13.8 Å². The Balaban J connectivity index is 1.72. The first-order valence-corrected chi connectivity index (χ1v) is 6.39. The molecule has 0 saturated carbocycles. The van der Waals surface area contributed by atoms with E-state index in [4.69, 9.17) is 9.05 Å². The van der Waals surface area contributed by atoms with Gasteiger partial charge >= 0.3 is 0 Å². The van der Waals surface area contributed by atoms with Crippen LogP contribution in [0.2, 0.25) is 0 Å². The third kappa shape index (κ3) is 2.45. The minimum atomic E-state index is 0.562. The zero-order valence-corrected chi connectivity index (χ0v) is 11.3. The molecule has 3 rings (SSSR count). The van der Waals surface area contributed by atoms with Crippen LogP contribution in [0.15, 0.2) is 33.6 Å². The molecule has 0 bridgehead atoms. The summed E-state index contributed by atoms with van der Waals surface area (Å²) >= 11 is 0. The maximum Gasteiger partial charge on any atom is 0.227 e. The van der Waals surface area contributed by atoms with Crippen LogP contribution < -0.4 is 0 Å². The van der Waals surface area contributed by atoms with Crippen molar-refractivity contribution in [2.24, 2.45) is 0 Å². The van der Waals surface area contributed by atoms with Crippen LogP contribution in [-0.2, 0) is 12.8 Å². The zero-order valence-electron chi connectivity index (χ0n) is 11.3. The van der Waals surface area contributed by atoms with Crippen molar-refractivity contribution in [3.63, 3.8) is 0 Å². The van der Waals surface area contributed by atoms with Crippen LogP contribution in [-0.4, -0.2) is 20.3 Å². The summed E-state index contributed by atoms with van der Waals surface area (Å²) in [5, 5.41) is 7.90. The molecule has 0 fully saturated rings. The van der Waals surface area contributed by atoms with Crippen molar-refractivity contribution in [2.75, 3.05) is 0 Å². The molecule has 3 heterocycles. The molecule has 3 aromatic rings. The zero-order chi connectivity index (χ0) is 13.9. The normalized spacial score (nSPS) is 10.9. The van der Waals surface area contributed by atoms with Gasteiger partial charge in [0.15, 0.2) is 0 Å². The molecule has 20 heavy (non-hydrogen) atoms. The summed E-state index contributed by atoms with van der Waals surface area (Å²) in [6.45, 7) is 3.84. The van der Waals surface area contributed by atoms with E-state index in [2.05, 4.69) is 20.3 Å². The Bertz CT molecular complexity index is 684. The second-order valence-electron chi connectivity index (χ2n) is 4.56. The fourth-order valence-electron chi connectivity index (χ4n) is 2.06. The molecular weight excluding hydrogens is 256 g/mol. The number of aromatic nitrogens is 4. The molecule has 6 nitrogen and oxygen atoms in total. The van der Waals surface area contributed by atoms with Gasteiger partial charge in [-0.2, -0.15) is 4.98 Å². The molecule has 0 N–H and O–H groups in total. The summed E-state index contributed by atoms with van der Waals surface area (Å²) in [6.07, 6.45) is 4.86. The minimum absolute atomic E-state index is 0.562. The van der Waals surface area contributed by atoms with Crippen LogP contribution in [0.25, 0.3) is 11.4 Å². The lowest BCUT2D eigenvalue weighted by Crippen LogP contribution is -1.94. The lowest BCUT2D eigenvalue weighted by molar-refractivity contribution is 0.377. The molecule has 0 atom stereocenters. The number of hydrogen-bond acceptors (Lipinski definition) is 6. The van der Waals surface area contributed by atoms with Gasteiger partial charge in [-0.1, -0.05) is 10.3 Å². The molecule has 0 spiro atoms. The molecule has 0 aliphatic heterocycles. The van der Waals surface area contributed by atoms with E-state index in [0.717, 1.165) is 29.0 Å². The first kappa shape index (κ1) is 12.5. The lowest BCUT2D eigenvalue weighted by Gasteiger charge is -1.95. The van der Waals surface area contributed by atoms with Gasteiger partial charge in [-0.05, 0) is 32.4 Å². The van der Waals surface area contributed by atoms with Gasteiger partial charge in [0.25, 0.3) is 0 Å². The molecule has 6 heteroatoms.